The van der Waals surface area contributed by atoms with Gasteiger partial charge in [-0.25, -0.2) is 0 Å². The van der Waals surface area contributed by atoms with Crippen molar-refractivity contribution in [1.82, 2.24) is 10.2 Å². The van der Waals surface area contributed by atoms with Crippen LogP contribution in [0, 0.1) is 0 Å². The molecule has 5 nitrogen and oxygen atoms in total. The van der Waals surface area contributed by atoms with Crippen LogP contribution >= 0.6 is 11.6 Å². The lowest BCUT2D eigenvalue weighted by Crippen LogP contribution is -2.41. The molecule has 0 radical (unpaired) electrons. The molecule has 0 unspecified atom stereocenters. The lowest BCUT2D eigenvalue weighted by atomic mass is 10.1. The molecule has 3 rings (SSSR count). The van der Waals surface area contributed by atoms with E-state index in [9.17, 15) is 9.59 Å². The van der Waals surface area contributed by atoms with E-state index >= 15 is 0 Å². The third-order valence-electron chi connectivity index (χ3n) is 4.59. The van der Waals surface area contributed by atoms with Gasteiger partial charge in [0.05, 0.1) is 0 Å². The summed E-state index contributed by atoms with van der Waals surface area (Å²) in [5.41, 5.74) is 1.63. The highest BCUT2D eigenvalue weighted by Crippen LogP contribution is 2.22. The summed E-state index contributed by atoms with van der Waals surface area (Å²) in [5, 5.41) is 3.43. The van der Waals surface area contributed by atoms with Crippen molar-refractivity contribution in [1.29, 1.82) is 0 Å². The maximum absolute atomic E-state index is 12.7. The minimum atomic E-state index is -0.0705. The van der Waals surface area contributed by atoms with Gasteiger partial charge < -0.3 is 15.0 Å². The van der Waals surface area contributed by atoms with E-state index in [4.69, 9.17) is 16.3 Å². The summed E-state index contributed by atoms with van der Waals surface area (Å²) in [6.45, 7) is 3.30. The number of carbonyl (C=O) groups is 2. The van der Waals surface area contributed by atoms with Crippen molar-refractivity contribution in [2.24, 2.45) is 0 Å². The molecule has 27 heavy (non-hydrogen) atoms. The first-order valence-corrected chi connectivity index (χ1v) is 9.44. The van der Waals surface area contributed by atoms with Gasteiger partial charge in [-0.15, -0.1) is 0 Å². The van der Waals surface area contributed by atoms with Gasteiger partial charge in [0.25, 0.3) is 5.91 Å². The van der Waals surface area contributed by atoms with E-state index in [1.54, 1.807) is 0 Å². The van der Waals surface area contributed by atoms with Crippen molar-refractivity contribution in [3.63, 3.8) is 0 Å². The molecule has 0 saturated carbocycles. The predicted octanol–water partition coefficient (Wildman–Crippen LogP) is 3.66. The van der Waals surface area contributed by atoms with Crippen LogP contribution in [0.15, 0.2) is 48.5 Å². The Bertz CT molecular complexity index is 782. The number of benzene rings is 2. The van der Waals surface area contributed by atoms with Gasteiger partial charge in [0, 0.05) is 50.0 Å². The Morgan fingerprint density at radius 2 is 1.70 bits per heavy atom. The van der Waals surface area contributed by atoms with Gasteiger partial charge >= 0.3 is 0 Å². The number of rotatable bonds is 5. The Morgan fingerprint density at radius 3 is 2.30 bits per heavy atom. The number of piperidine rings is 1. The van der Waals surface area contributed by atoms with Crippen molar-refractivity contribution in [2.45, 2.75) is 32.4 Å². The van der Waals surface area contributed by atoms with Crippen molar-refractivity contribution in [3.05, 3.63) is 64.7 Å². The summed E-state index contributed by atoms with van der Waals surface area (Å²) in [6.07, 6.45) is 1.71. The summed E-state index contributed by atoms with van der Waals surface area (Å²) in [6, 6.07) is 14.7. The van der Waals surface area contributed by atoms with E-state index in [-0.39, 0.29) is 17.9 Å². The molecule has 2 aromatic carbocycles. The molecule has 1 aliphatic heterocycles. The number of ether oxygens (including phenoxy) is 1. The molecule has 1 aliphatic rings. The SMILES string of the molecule is CC(=O)NCc1ccc(C(=O)N2CCC(Oc3ccc(Cl)cc3)CC2)cc1. The van der Waals surface area contributed by atoms with Crippen LogP contribution in [0.25, 0.3) is 0 Å². The summed E-state index contributed by atoms with van der Waals surface area (Å²) in [4.78, 5) is 25.5. The Morgan fingerprint density at radius 1 is 1.07 bits per heavy atom. The molecule has 0 spiro atoms. The minimum absolute atomic E-state index is 0.0334. The van der Waals surface area contributed by atoms with Gasteiger partial charge in [0.15, 0.2) is 0 Å². The van der Waals surface area contributed by atoms with Crippen LogP contribution in [-0.2, 0) is 11.3 Å². The highest BCUT2D eigenvalue weighted by molar-refractivity contribution is 6.30. The van der Waals surface area contributed by atoms with Crippen LogP contribution in [0.4, 0.5) is 0 Å². The Balaban J connectivity index is 1.50. The van der Waals surface area contributed by atoms with E-state index in [1.807, 2.05) is 53.4 Å². The standard InChI is InChI=1S/C21H23ClN2O3/c1-15(25)23-14-16-2-4-17(5-3-16)21(26)24-12-10-20(11-13-24)27-19-8-6-18(22)7-9-19/h2-9,20H,10-14H2,1H3,(H,23,25). The molecule has 1 N–H and O–H groups in total. The first-order valence-electron chi connectivity index (χ1n) is 9.06. The van der Waals surface area contributed by atoms with Crippen molar-refractivity contribution in [2.75, 3.05) is 13.1 Å². The fourth-order valence-electron chi connectivity index (χ4n) is 3.06. The number of carbonyl (C=O) groups excluding carboxylic acids is 2. The molecule has 0 bridgehead atoms. The lowest BCUT2D eigenvalue weighted by molar-refractivity contribution is -0.119. The summed E-state index contributed by atoms with van der Waals surface area (Å²) in [7, 11) is 0. The highest BCUT2D eigenvalue weighted by Gasteiger charge is 2.24. The van der Waals surface area contributed by atoms with Crippen LogP contribution in [0.2, 0.25) is 5.02 Å². The van der Waals surface area contributed by atoms with E-state index in [0.717, 1.165) is 24.2 Å². The van der Waals surface area contributed by atoms with Gasteiger partial charge in [-0.1, -0.05) is 23.7 Å². The molecule has 6 heteroatoms. The largest absolute Gasteiger partial charge is 0.490 e. The van der Waals surface area contributed by atoms with Gasteiger partial charge in [0.1, 0.15) is 11.9 Å². The number of halogens is 1. The monoisotopic (exact) mass is 386 g/mol. The summed E-state index contributed by atoms with van der Waals surface area (Å²) >= 11 is 5.89. The lowest BCUT2D eigenvalue weighted by Gasteiger charge is -2.32. The number of amides is 2. The first kappa shape index (κ1) is 19.2. The quantitative estimate of drug-likeness (QED) is 0.853. The van der Waals surface area contributed by atoms with Crippen LogP contribution < -0.4 is 10.1 Å². The molecule has 1 saturated heterocycles. The summed E-state index contributed by atoms with van der Waals surface area (Å²) < 4.78 is 5.97. The Labute approximate surface area is 164 Å². The fourth-order valence-corrected chi connectivity index (χ4v) is 3.18. The normalized spacial score (nSPS) is 14.7. The van der Waals surface area contributed by atoms with Crippen LogP contribution in [0.1, 0.15) is 35.7 Å². The number of nitrogens with one attached hydrogen (secondary N) is 1. The maximum Gasteiger partial charge on any atom is 0.253 e. The number of likely N-dealkylation sites (tertiary alicyclic amines) is 1. The van der Waals surface area contributed by atoms with Crippen LogP contribution in [0.5, 0.6) is 5.75 Å². The van der Waals surface area contributed by atoms with Gasteiger partial charge in [0.2, 0.25) is 5.91 Å². The predicted molar refractivity (Wildman–Crippen MR) is 105 cm³/mol. The van der Waals surface area contributed by atoms with Crippen LogP contribution in [0.3, 0.4) is 0 Å². The number of nitrogens with zero attached hydrogens (tertiary/aromatic N) is 1. The molecule has 1 heterocycles. The first-order chi connectivity index (χ1) is 13.0. The van der Waals surface area contributed by atoms with Gasteiger partial charge in [-0.3, -0.25) is 9.59 Å². The van der Waals surface area contributed by atoms with Gasteiger partial charge in [-0.05, 0) is 42.0 Å². The number of hydrogen-bond acceptors (Lipinski definition) is 3. The molecule has 0 aromatic heterocycles. The smallest absolute Gasteiger partial charge is 0.253 e. The molecule has 2 aromatic rings. The second-order valence-electron chi connectivity index (χ2n) is 6.67. The van der Waals surface area contributed by atoms with Crippen molar-refractivity contribution >= 4 is 23.4 Å². The zero-order valence-electron chi connectivity index (χ0n) is 15.3. The second-order valence-corrected chi connectivity index (χ2v) is 7.11. The third kappa shape index (κ3) is 5.47. The molecule has 0 aliphatic carbocycles. The Hall–Kier alpha value is -2.53. The summed E-state index contributed by atoms with van der Waals surface area (Å²) in [5.74, 6) is 0.767. The van der Waals surface area contributed by atoms with E-state index in [0.29, 0.717) is 30.2 Å². The zero-order chi connectivity index (χ0) is 19.2. The van der Waals surface area contributed by atoms with Crippen molar-refractivity contribution < 1.29 is 14.3 Å². The molecular formula is C21H23ClN2O3. The van der Waals surface area contributed by atoms with Crippen molar-refractivity contribution in [3.8, 4) is 5.75 Å². The molecule has 1 fully saturated rings. The average molecular weight is 387 g/mol. The molecule has 142 valence electrons. The van der Waals surface area contributed by atoms with Gasteiger partial charge in [-0.2, -0.15) is 0 Å². The topological polar surface area (TPSA) is 58.6 Å². The molecule has 0 atom stereocenters. The Kier molecular flexibility index (Phi) is 6.35. The van der Waals surface area contributed by atoms with E-state index in [1.165, 1.54) is 6.92 Å². The molecular weight excluding hydrogens is 364 g/mol. The third-order valence-corrected chi connectivity index (χ3v) is 4.84. The number of hydrogen-bond donors (Lipinski definition) is 1. The van der Waals surface area contributed by atoms with E-state index in [2.05, 4.69) is 5.32 Å². The average Bonchev–Trinajstić information content (AvgIpc) is 2.68. The van der Waals surface area contributed by atoms with Crippen LogP contribution in [-0.4, -0.2) is 35.9 Å². The maximum atomic E-state index is 12.7. The fraction of sp³-hybridized carbons (Fsp3) is 0.333. The minimum Gasteiger partial charge on any atom is -0.490 e. The van der Waals surface area contributed by atoms with E-state index < -0.39 is 0 Å². The molecule has 2 amide bonds. The highest BCUT2D eigenvalue weighted by atomic mass is 35.5. The second kappa shape index (κ2) is 8.91. The zero-order valence-corrected chi connectivity index (χ0v) is 16.0.